The number of nitrogens with zero attached hydrogens (tertiary/aromatic N) is 1. The molecule has 2 N–H and O–H groups in total. The number of rotatable bonds is 2. The van der Waals surface area contributed by atoms with Crippen LogP contribution in [-0.4, -0.2) is 39.0 Å². The highest BCUT2D eigenvalue weighted by Gasteiger charge is 2.30. The number of hydrogen-bond donors (Lipinski definition) is 1. The highest BCUT2D eigenvalue weighted by molar-refractivity contribution is 7.89. The first kappa shape index (κ1) is 14.9. The third-order valence-corrected chi connectivity index (χ3v) is 5.62. The molecule has 1 aliphatic heterocycles. The van der Waals surface area contributed by atoms with Gasteiger partial charge < -0.3 is 10.5 Å². The van der Waals surface area contributed by atoms with Crippen LogP contribution >= 0.6 is 23.2 Å². The van der Waals surface area contributed by atoms with E-state index in [0.29, 0.717) is 38.4 Å². The van der Waals surface area contributed by atoms with Crippen LogP contribution < -0.4 is 5.73 Å². The van der Waals surface area contributed by atoms with Gasteiger partial charge in [-0.2, -0.15) is 4.31 Å². The Morgan fingerprint density at radius 1 is 1.16 bits per heavy atom. The average molecular weight is 325 g/mol. The first-order valence-electron chi connectivity index (χ1n) is 5.75. The molecular weight excluding hydrogens is 311 g/mol. The Balaban J connectivity index is 2.44. The Morgan fingerprint density at radius 2 is 1.79 bits per heavy atom. The second-order valence-corrected chi connectivity index (χ2v) is 6.87. The normalized spacial score (nSPS) is 18.2. The summed E-state index contributed by atoms with van der Waals surface area (Å²) < 4.78 is 31.7. The lowest BCUT2D eigenvalue weighted by atomic mass is 10.3. The van der Waals surface area contributed by atoms with Gasteiger partial charge in [-0.05, 0) is 18.6 Å². The van der Waals surface area contributed by atoms with Gasteiger partial charge in [-0.25, -0.2) is 8.42 Å². The third kappa shape index (κ3) is 3.14. The summed E-state index contributed by atoms with van der Waals surface area (Å²) in [5.41, 5.74) is 5.90. The molecule has 0 saturated carbocycles. The van der Waals surface area contributed by atoms with E-state index in [4.69, 9.17) is 33.7 Å². The molecule has 0 aliphatic carbocycles. The van der Waals surface area contributed by atoms with Crippen molar-refractivity contribution in [1.82, 2.24) is 4.31 Å². The summed E-state index contributed by atoms with van der Waals surface area (Å²) in [6.07, 6.45) is 0.642. The zero-order valence-corrected chi connectivity index (χ0v) is 12.4. The van der Waals surface area contributed by atoms with Crippen molar-refractivity contribution in [3.05, 3.63) is 22.2 Å². The minimum Gasteiger partial charge on any atom is -0.399 e. The number of halogens is 2. The Kier molecular flexibility index (Phi) is 4.58. The van der Waals surface area contributed by atoms with E-state index in [1.807, 2.05) is 0 Å². The summed E-state index contributed by atoms with van der Waals surface area (Å²) in [4.78, 5) is -0.0908. The van der Waals surface area contributed by atoms with Crippen LogP contribution in [0.25, 0.3) is 0 Å². The molecule has 106 valence electrons. The molecule has 0 unspecified atom stereocenters. The van der Waals surface area contributed by atoms with Gasteiger partial charge in [0.05, 0.1) is 16.7 Å². The van der Waals surface area contributed by atoms with Crippen molar-refractivity contribution >= 4 is 38.9 Å². The monoisotopic (exact) mass is 324 g/mol. The molecule has 1 saturated heterocycles. The van der Waals surface area contributed by atoms with Crippen LogP contribution in [0.5, 0.6) is 0 Å². The van der Waals surface area contributed by atoms with E-state index in [2.05, 4.69) is 0 Å². The van der Waals surface area contributed by atoms with E-state index in [1.54, 1.807) is 0 Å². The molecule has 1 fully saturated rings. The molecule has 8 heteroatoms. The molecule has 1 aliphatic rings. The highest BCUT2D eigenvalue weighted by Crippen LogP contribution is 2.34. The molecule has 1 aromatic rings. The van der Waals surface area contributed by atoms with E-state index in [0.717, 1.165) is 0 Å². The van der Waals surface area contributed by atoms with Crippen molar-refractivity contribution in [2.24, 2.45) is 0 Å². The number of nitrogen functional groups attached to an aromatic ring is 1. The molecule has 0 atom stereocenters. The van der Waals surface area contributed by atoms with Crippen molar-refractivity contribution < 1.29 is 13.2 Å². The second kappa shape index (κ2) is 5.85. The van der Waals surface area contributed by atoms with Crippen LogP contribution in [-0.2, 0) is 14.8 Å². The second-order valence-electron chi connectivity index (χ2n) is 4.18. The van der Waals surface area contributed by atoms with Gasteiger partial charge in [0.15, 0.2) is 0 Å². The lowest BCUT2D eigenvalue weighted by Crippen LogP contribution is -2.33. The van der Waals surface area contributed by atoms with Crippen LogP contribution in [0.2, 0.25) is 10.0 Å². The summed E-state index contributed by atoms with van der Waals surface area (Å²) in [6, 6.07) is 2.77. The fraction of sp³-hybridized carbons (Fsp3) is 0.455. The molecule has 5 nitrogen and oxygen atoms in total. The maximum atomic E-state index is 12.6. The van der Waals surface area contributed by atoms with Crippen LogP contribution in [0.3, 0.4) is 0 Å². The summed E-state index contributed by atoms with van der Waals surface area (Å²) in [5.74, 6) is 0. The topological polar surface area (TPSA) is 72.6 Å². The largest absolute Gasteiger partial charge is 0.399 e. The number of nitrogens with two attached hydrogens (primary N) is 1. The van der Waals surface area contributed by atoms with Gasteiger partial charge in [-0.3, -0.25) is 0 Å². The quantitative estimate of drug-likeness (QED) is 0.844. The zero-order valence-electron chi connectivity index (χ0n) is 10.1. The van der Waals surface area contributed by atoms with Gasteiger partial charge in [0.2, 0.25) is 10.0 Å². The number of anilines is 1. The summed E-state index contributed by atoms with van der Waals surface area (Å²) in [7, 11) is -3.73. The maximum absolute atomic E-state index is 12.6. The first-order chi connectivity index (χ1) is 8.93. The molecule has 2 rings (SSSR count). The summed E-state index contributed by atoms with van der Waals surface area (Å²) in [5, 5.41) is 0.0744. The number of benzene rings is 1. The van der Waals surface area contributed by atoms with Crippen LogP contribution in [0, 0.1) is 0 Å². The number of sulfonamides is 1. The van der Waals surface area contributed by atoms with E-state index in [-0.39, 0.29) is 14.9 Å². The lowest BCUT2D eigenvalue weighted by molar-refractivity contribution is 0.148. The summed E-state index contributed by atoms with van der Waals surface area (Å²) >= 11 is 12.0. The van der Waals surface area contributed by atoms with Gasteiger partial charge in [0.1, 0.15) is 4.90 Å². The molecule has 1 heterocycles. The van der Waals surface area contributed by atoms with Crippen molar-refractivity contribution in [3.63, 3.8) is 0 Å². The van der Waals surface area contributed by atoms with Crippen molar-refractivity contribution in [3.8, 4) is 0 Å². The molecule has 0 amide bonds. The summed E-state index contributed by atoms with van der Waals surface area (Å²) in [6.45, 7) is 1.59. The minimum absolute atomic E-state index is 0.0372. The predicted molar refractivity (Wildman–Crippen MR) is 75.1 cm³/mol. The highest BCUT2D eigenvalue weighted by atomic mass is 35.5. The molecule has 0 radical (unpaired) electrons. The van der Waals surface area contributed by atoms with Crippen molar-refractivity contribution in [2.45, 2.75) is 11.3 Å². The molecule has 0 aromatic heterocycles. The van der Waals surface area contributed by atoms with Gasteiger partial charge in [0, 0.05) is 25.4 Å². The Bertz CT molecular complexity index is 546. The van der Waals surface area contributed by atoms with Gasteiger partial charge >= 0.3 is 0 Å². The fourth-order valence-corrected chi connectivity index (χ4v) is 4.56. The number of ether oxygens (including phenoxy) is 1. The molecule has 0 spiro atoms. The van der Waals surface area contributed by atoms with E-state index in [1.165, 1.54) is 16.4 Å². The molecule has 0 bridgehead atoms. The standard InChI is InChI=1S/C11H14Cl2N2O3S/c12-9-6-8(14)7-10(13)11(9)19(16,17)15-2-1-4-18-5-3-15/h6-7H,1-5,14H2. The van der Waals surface area contributed by atoms with Crippen molar-refractivity contribution in [2.75, 3.05) is 32.0 Å². The smallest absolute Gasteiger partial charge is 0.246 e. The first-order valence-corrected chi connectivity index (χ1v) is 7.95. The Labute approximate surface area is 122 Å². The SMILES string of the molecule is Nc1cc(Cl)c(S(=O)(=O)N2CCCOCC2)c(Cl)c1. The Morgan fingerprint density at radius 3 is 2.42 bits per heavy atom. The van der Waals surface area contributed by atoms with Crippen LogP contribution in [0.4, 0.5) is 5.69 Å². The zero-order chi connectivity index (χ0) is 14.0. The van der Waals surface area contributed by atoms with Gasteiger partial charge in [0.25, 0.3) is 0 Å². The van der Waals surface area contributed by atoms with Gasteiger partial charge in [-0.15, -0.1) is 0 Å². The molecule has 1 aromatic carbocycles. The van der Waals surface area contributed by atoms with E-state index >= 15 is 0 Å². The van der Waals surface area contributed by atoms with Crippen molar-refractivity contribution in [1.29, 1.82) is 0 Å². The molecular formula is C11H14Cl2N2O3S. The van der Waals surface area contributed by atoms with Crippen LogP contribution in [0.15, 0.2) is 17.0 Å². The van der Waals surface area contributed by atoms with E-state index < -0.39 is 10.0 Å². The minimum atomic E-state index is -3.73. The number of hydrogen-bond acceptors (Lipinski definition) is 4. The maximum Gasteiger partial charge on any atom is 0.246 e. The predicted octanol–water partition coefficient (Wildman–Crippen LogP) is 1.99. The third-order valence-electron chi connectivity index (χ3n) is 2.80. The fourth-order valence-electron chi connectivity index (χ4n) is 1.92. The molecule has 19 heavy (non-hydrogen) atoms. The van der Waals surface area contributed by atoms with Crippen LogP contribution in [0.1, 0.15) is 6.42 Å². The van der Waals surface area contributed by atoms with E-state index in [9.17, 15) is 8.42 Å². The average Bonchev–Trinajstić information content (AvgIpc) is 2.55. The Hall–Kier alpha value is -0.530. The van der Waals surface area contributed by atoms with Gasteiger partial charge in [-0.1, -0.05) is 23.2 Å². The lowest BCUT2D eigenvalue weighted by Gasteiger charge is -2.20.